The molecule has 0 unspecified atom stereocenters. The summed E-state index contributed by atoms with van der Waals surface area (Å²) >= 11 is 0. The van der Waals surface area contributed by atoms with E-state index in [1.54, 1.807) is 0 Å². The zero-order valence-electron chi connectivity index (χ0n) is 13.8. The van der Waals surface area contributed by atoms with E-state index in [2.05, 4.69) is 32.2 Å². The lowest BCUT2D eigenvalue weighted by atomic mass is 10.1. The largest absolute Gasteiger partial charge is 0.368 e. The molecule has 118 valence electrons. The van der Waals surface area contributed by atoms with Gasteiger partial charge >= 0.3 is 0 Å². The van der Waals surface area contributed by atoms with E-state index in [0.29, 0.717) is 12.5 Å². The highest BCUT2D eigenvalue weighted by Crippen LogP contribution is 2.20. The predicted molar refractivity (Wildman–Crippen MR) is 88.6 cm³/mol. The summed E-state index contributed by atoms with van der Waals surface area (Å²) in [6.07, 6.45) is 3.17. The van der Waals surface area contributed by atoms with Crippen LogP contribution >= 0.6 is 0 Å². The van der Waals surface area contributed by atoms with Gasteiger partial charge in [-0.15, -0.1) is 0 Å². The van der Waals surface area contributed by atoms with Crippen LogP contribution in [0.5, 0.6) is 0 Å². The van der Waals surface area contributed by atoms with Crippen LogP contribution in [0.25, 0.3) is 0 Å². The van der Waals surface area contributed by atoms with Crippen LogP contribution in [-0.4, -0.2) is 19.9 Å². The van der Waals surface area contributed by atoms with Gasteiger partial charge in [-0.05, 0) is 39.7 Å². The van der Waals surface area contributed by atoms with Gasteiger partial charge in [0.2, 0.25) is 5.95 Å². The number of rotatable bonds is 6. The van der Waals surface area contributed by atoms with E-state index < -0.39 is 0 Å². The van der Waals surface area contributed by atoms with Crippen molar-refractivity contribution in [1.82, 2.24) is 19.9 Å². The lowest BCUT2D eigenvalue weighted by molar-refractivity contribution is 0.780. The van der Waals surface area contributed by atoms with Crippen molar-refractivity contribution in [2.75, 3.05) is 11.1 Å². The zero-order valence-corrected chi connectivity index (χ0v) is 13.8. The number of nitrogens with zero attached hydrogens (tertiary/aromatic N) is 4. The van der Waals surface area contributed by atoms with Crippen LogP contribution in [0.2, 0.25) is 0 Å². The summed E-state index contributed by atoms with van der Waals surface area (Å²) in [5.74, 6) is 1.84. The Morgan fingerprint density at radius 2 is 1.73 bits per heavy atom. The Morgan fingerprint density at radius 1 is 1.05 bits per heavy atom. The molecular weight excluding hydrogens is 276 g/mol. The lowest BCUT2D eigenvalue weighted by Gasteiger charge is -2.13. The van der Waals surface area contributed by atoms with E-state index in [1.165, 1.54) is 0 Å². The van der Waals surface area contributed by atoms with Gasteiger partial charge in [-0.25, -0.2) is 15.0 Å². The minimum Gasteiger partial charge on any atom is -0.368 e. The van der Waals surface area contributed by atoms with Crippen LogP contribution in [0.15, 0.2) is 6.07 Å². The molecule has 0 aliphatic rings. The number of anilines is 2. The molecule has 2 aromatic rings. The summed E-state index contributed by atoms with van der Waals surface area (Å²) in [6.45, 7) is 8.61. The first-order chi connectivity index (χ1) is 10.5. The normalized spacial score (nSPS) is 10.7. The topological polar surface area (TPSA) is 89.6 Å². The van der Waals surface area contributed by atoms with Gasteiger partial charge in [0.15, 0.2) is 0 Å². The molecule has 2 rings (SSSR count). The highest BCUT2D eigenvalue weighted by atomic mass is 15.1. The second-order valence-corrected chi connectivity index (χ2v) is 5.52. The second kappa shape index (κ2) is 7.15. The Hall–Kier alpha value is -2.24. The number of nitrogens with one attached hydrogen (secondary N) is 1. The van der Waals surface area contributed by atoms with Crippen molar-refractivity contribution in [3.8, 4) is 0 Å². The average Bonchev–Trinajstić information content (AvgIpc) is 2.43. The monoisotopic (exact) mass is 300 g/mol. The number of nitrogens with two attached hydrogens (primary N) is 1. The molecule has 0 aliphatic carbocycles. The molecule has 0 amide bonds. The van der Waals surface area contributed by atoms with Gasteiger partial charge < -0.3 is 11.1 Å². The van der Waals surface area contributed by atoms with E-state index in [-0.39, 0.29) is 0 Å². The van der Waals surface area contributed by atoms with E-state index in [1.807, 2.05) is 26.8 Å². The highest BCUT2D eigenvalue weighted by molar-refractivity contribution is 5.49. The molecule has 2 aromatic heterocycles. The van der Waals surface area contributed by atoms with E-state index >= 15 is 0 Å². The van der Waals surface area contributed by atoms with Crippen molar-refractivity contribution in [3.63, 3.8) is 0 Å². The minimum atomic E-state index is 0.293. The van der Waals surface area contributed by atoms with Gasteiger partial charge in [0, 0.05) is 22.6 Å². The first-order valence-corrected chi connectivity index (χ1v) is 7.67. The molecule has 6 heteroatoms. The van der Waals surface area contributed by atoms with Crippen molar-refractivity contribution in [2.45, 2.75) is 53.5 Å². The Balaban J connectivity index is 2.20. The SMILES string of the molecule is CCCCc1c(C)nc(N)nc1NCc1nc(C)cc(C)n1. The number of unbranched alkanes of at least 4 members (excludes halogenated alkanes) is 1. The van der Waals surface area contributed by atoms with Gasteiger partial charge in [0.25, 0.3) is 0 Å². The maximum atomic E-state index is 5.78. The number of aryl methyl sites for hydroxylation is 3. The van der Waals surface area contributed by atoms with Gasteiger partial charge in [-0.2, -0.15) is 4.98 Å². The fraction of sp³-hybridized carbons (Fsp3) is 0.500. The second-order valence-electron chi connectivity index (χ2n) is 5.52. The average molecular weight is 300 g/mol. The zero-order chi connectivity index (χ0) is 16.1. The fourth-order valence-corrected chi connectivity index (χ4v) is 2.46. The molecule has 22 heavy (non-hydrogen) atoms. The molecular formula is C16H24N6. The summed E-state index contributed by atoms with van der Waals surface area (Å²) in [6, 6.07) is 1.96. The Morgan fingerprint density at radius 3 is 2.36 bits per heavy atom. The number of aromatic nitrogens is 4. The predicted octanol–water partition coefficient (Wildman–Crippen LogP) is 2.73. The molecule has 3 N–H and O–H groups in total. The van der Waals surface area contributed by atoms with Crippen LogP contribution in [-0.2, 0) is 13.0 Å². The van der Waals surface area contributed by atoms with Gasteiger partial charge in [0.1, 0.15) is 11.6 Å². The smallest absolute Gasteiger partial charge is 0.222 e. The van der Waals surface area contributed by atoms with E-state index in [9.17, 15) is 0 Å². The van der Waals surface area contributed by atoms with Gasteiger partial charge in [-0.3, -0.25) is 0 Å². The van der Waals surface area contributed by atoms with Crippen LogP contribution in [0.1, 0.15) is 48.2 Å². The number of hydrogen-bond donors (Lipinski definition) is 2. The van der Waals surface area contributed by atoms with Crippen molar-refractivity contribution >= 4 is 11.8 Å². The van der Waals surface area contributed by atoms with Crippen molar-refractivity contribution in [3.05, 3.63) is 34.5 Å². The first kappa shape index (κ1) is 16.1. The van der Waals surface area contributed by atoms with Crippen LogP contribution in [0.4, 0.5) is 11.8 Å². The van der Waals surface area contributed by atoms with Crippen molar-refractivity contribution in [1.29, 1.82) is 0 Å². The number of hydrogen-bond acceptors (Lipinski definition) is 6. The van der Waals surface area contributed by atoms with Gasteiger partial charge in [0.05, 0.1) is 6.54 Å². The molecule has 0 atom stereocenters. The maximum Gasteiger partial charge on any atom is 0.222 e. The Kier molecular flexibility index (Phi) is 5.25. The van der Waals surface area contributed by atoms with Gasteiger partial charge in [-0.1, -0.05) is 13.3 Å². The standard InChI is InChI=1S/C16H24N6/c1-5-6-7-13-12(4)21-16(17)22-15(13)18-9-14-19-10(2)8-11(3)20-14/h8H,5-7,9H2,1-4H3,(H3,17,18,21,22). The van der Waals surface area contributed by atoms with E-state index in [4.69, 9.17) is 5.73 Å². The summed E-state index contributed by atoms with van der Waals surface area (Å²) in [7, 11) is 0. The van der Waals surface area contributed by atoms with E-state index in [0.717, 1.165) is 53.5 Å². The minimum absolute atomic E-state index is 0.293. The van der Waals surface area contributed by atoms with Crippen LogP contribution < -0.4 is 11.1 Å². The lowest BCUT2D eigenvalue weighted by Crippen LogP contribution is -2.12. The summed E-state index contributed by atoms with van der Waals surface area (Å²) in [5, 5.41) is 3.32. The molecule has 0 saturated carbocycles. The third-order valence-electron chi connectivity index (χ3n) is 3.45. The Bertz CT molecular complexity index is 633. The van der Waals surface area contributed by atoms with Crippen molar-refractivity contribution < 1.29 is 0 Å². The summed E-state index contributed by atoms with van der Waals surface area (Å²) in [4.78, 5) is 17.5. The third-order valence-corrected chi connectivity index (χ3v) is 3.45. The van der Waals surface area contributed by atoms with Crippen molar-refractivity contribution in [2.24, 2.45) is 0 Å². The molecule has 0 spiro atoms. The summed E-state index contributed by atoms with van der Waals surface area (Å²) in [5.41, 5.74) is 9.77. The quantitative estimate of drug-likeness (QED) is 0.852. The molecule has 0 aromatic carbocycles. The first-order valence-electron chi connectivity index (χ1n) is 7.67. The molecule has 0 radical (unpaired) electrons. The Labute approximate surface area is 131 Å². The molecule has 2 heterocycles. The maximum absolute atomic E-state index is 5.78. The fourth-order valence-electron chi connectivity index (χ4n) is 2.46. The summed E-state index contributed by atoms with van der Waals surface area (Å²) < 4.78 is 0. The molecule has 0 bridgehead atoms. The van der Waals surface area contributed by atoms with Crippen LogP contribution in [0, 0.1) is 20.8 Å². The van der Waals surface area contributed by atoms with Crippen LogP contribution in [0.3, 0.4) is 0 Å². The molecule has 0 aliphatic heterocycles. The number of nitrogen functional groups attached to an aromatic ring is 1. The third kappa shape index (κ3) is 4.13. The molecule has 0 fully saturated rings. The highest BCUT2D eigenvalue weighted by Gasteiger charge is 2.11. The molecule has 0 saturated heterocycles. The molecule has 6 nitrogen and oxygen atoms in total.